The van der Waals surface area contributed by atoms with Crippen molar-refractivity contribution in [1.82, 2.24) is 4.90 Å². The zero-order chi connectivity index (χ0) is 18.5. The SMILES string of the molecule is O=C(O)[C@H]1CCCC[C@H]1C(=O)Nc1ccc(C(=O)N2CCOCC2)cc1. The summed E-state index contributed by atoms with van der Waals surface area (Å²) < 4.78 is 5.25. The molecule has 2 N–H and O–H groups in total. The largest absolute Gasteiger partial charge is 0.481 e. The van der Waals surface area contributed by atoms with Gasteiger partial charge in [0.05, 0.1) is 25.0 Å². The Hall–Kier alpha value is -2.41. The van der Waals surface area contributed by atoms with Crippen molar-refractivity contribution < 1.29 is 24.2 Å². The smallest absolute Gasteiger partial charge is 0.307 e. The van der Waals surface area contributed by atoms with Crippen LogP contribution in [0, 0.1) is 11.8 Å². The fourth-order valence-corrected chi connectivity index (χ4v) is 3.62. The molecule has 2 fully saturated rings. The number of morpholine rings is 1. The number of nitrogens with zero attached hydrogens (tertiary/aromatic N) is 1. The van der Waals surface area contributed by atoms with Crippen LogP contribution in [0.3, 0.4) is 0 Å². The molecule has 2 amide bonds. The number of carboxylic acid groups (broad SMARTS) is 1. The third kappa shape index (κ3) is 4.22. The summed E-state index contributed by atoms with van der Waals surface area (Å²) in [7, 11) is 0. The summed E-state index contributed by atoms with van der Waals surface area (Å²) in [6, 6.07) is 6.74. The average molecular weight is 360 g/mol. The number of hydrogen-bond donors (Lipinski definition) is 2. The van der Waals surface area contributed by atoms with Crippen molar-refractivity contribution in [1.29, 1.82) is 0 Å². The molecule has 26 heavy (non-hydrogen) atoms. The number of carbonyl (C=O) groups excluding carboxylic acids is 2. The summed E-state index contributed by atoms with van der Waals surface area (Å²) in [6.45, 7) is 2.25. The number of benzene rings is 1. The van der Waals surface area contributed by atoms with E-state index >= 15 is 0 Å². The molecule has 1 aliphatic carbocycles. The predicted molar refractivity (Wildman–Crippen MR) is 94.9 cm³/mol. The molecule has 2 aliphatic rings. The van der Waals surface area contributed by atoms with Gasteiger partial charge < -0.3 is 20.1 Å². The number of nitrogens with one attached hydrogen (secondary N) is 1. The Morgan fingerprint density at radius 3 is 2.23 bits per heavy atom. The lowest BCUT2D eigenvalue weighted by molar-refractivity contribution is -0.147. The maximum absolute atomic E-state index is 12.5. The lowest BCUT2D eigenvalue weighted by Gasteiger charge is -2.27. The molecule has 0 unspecified atom stereocenters. The van der Waals surface area contributed by atoms with E-state index in [0.717, 1.165) is 12.8 Å². The zero-order valence-electron chi connectivity index (χ0n) is 14.6. The summed E-state index contributed by atoms with van der Waals surface area (Å²) in [4.78, 5) is 38.0. The minimum atomic E-state index is -0.906. The monoisotopic (exact) mass is 360 g/mol. The lowest BCUT2D eigenvalue weighted by Crippen LogP contribution is -2.40. The first-order valence-electron chi connectivity index (χ1n) is 9.07. The minimum absolute atomic E-state index is 0.0515. The molecule has 140 valence electrons. The van der Waals surface area contributed by atoms with E-state index in [1.54, 1.807) is 29.2 Å². The summed E-state index contributed by atoms with van der Waals surface area (Å²) >= 11 is 0. The molecule has 1 heterocycles. The summed E-state index contributed by atoms with van der Waals surface area (Å²) in [5.74, 6) is -2.34. The van der Waals surface area contributed by atoms with Crippen LogP contribution in [0.5, 0.6) is 0 Å². The molecule has 2 atom stereocenters. The standard InChI is InChI=1S/C19H24N2O5/c22-17(15-3-1-2-4-16(15)19(24)25)20-14-7-5-13(6-8-14)18(23)21-9-11-26-12-10-21/h5-8,15-16H,1-4,9-12H2,(H,20,22)(H,24,25)/t15-,16+/m1/s1. The quantitative estimate of drug-likeness (QED) is 0.856. The van der Waals surface area contributed by atoms with Crippen molar-refractivity contribution in [2.45, 2.75) is 25.7 Å². The molecular formula is C19H24N2O5. The van der Waals surface area contributed by atoms with E-state index in [4.69, 9.17) is 4.74 Å². The predicted octanol–water partition coefficient (Wildman–Crippen LogP) is 1.99. The van der Waals surface area contributed by atoms with Crippen molar-refractivity contribution in [3.05, 3.63) is 29.8 Å². The zero-order valence-corrected chi connectivity index (χ0v) is 14.6. The Balaban J connectivity index is 1.62. The Morgan fingerprint density at radius 2 is 1.62 bits per heavy atom. The molecule has 1 aromatic carbocycles. The van der Waals surface area contributed by atoms with Crippen LogP contribution < -0.4 is 5.32 Å². The van der Waals surface area contributed by atoms with Crippen LogP contribution >= 0.6 is 0 Å². The van der Waals surface area contributed by atoms with Gasteiger partial charge in [-0.25, -0.2) is 0 Å². The molecule has 0 aromatic heterocycles. The van der Waals surface area contributed by atoms with Gasteiger partial charge in [0.25, 0.3) is 5.91 Å². The van der Waals surface area contributed by atoms with Crippen molar-refractivity contribution in [3.63, 3.8) is 0 Å². The second-order valence-electron chi connectivity index (χ2n) is 6.81. The highest BCUT2D eigenvalue weighted by atomic mass is 16.5. The average Bonchev–Trinajstić information content (AvgIpc) is 2.68. The molecule has 0 bridgehead atoms. The van der Waals surface area contributed by atoms with E-state index in [9.17, 15) is 19.5 Å². The molecule has 1 aromatic rings. The van der Waals surface area contributed by atoms with Crippen LogP contribution in [0.1, 0.15) is 36.0 Å². The van der Waals surface area contributed by atoms with Crippen LogP contribution in [0.25, 0.3) is 0 Å². The van der Waals surface area contributed by atoms with Gasteiger partial charge in [0.15, 0.2) is 0 Å². The highest BCUT2D eigenvalue weighted by molar-refractivity contribution is 5.97. The van der Waals surface area contributed by atoms with Gasteiger partial charge in [0, 0.05) is 24.3 Å². The molecule has 7 nitrogen and oxygen atoms in total. The fraction of sp³-hybridized carbons (Fsp3) is 0.526. The van der Waals surface area contributed by atoms with Gasteiger partial charge in [-0.15, -0.1) is 0 Å². The van der Waals surface area contributed by atoms with Gasteiger partial charge in [-0.05, 0) is 37.1 Å². The number of anilines is 1. The Labute approximate surface area is 152 Å². The van der Waals surface area contributed by atoms with Crippen molar-refractivity contribution in [2.75, 3.05) is 31.6 Å². The van der Waals surface area contributed by atoms with Gasteiger partial charge in [-0.1, -0.05) is 12.8 Å². The van der Waals surface area contributed by atoms with Gasteiger partial charge in [-0.3, -0.25) is 14.4 Å². The highest BCUT2D eigenvalue weighted by Gasteiger charge is 2.35. The van der Waals surface area contributed by atoms with Gasteiger partial charge >= 0.3 is 5.97 Å². The van der Waals surface area contributed by atoms with Gasteiger partial charge in [-0.2, -0.15) is 0 Å². The van der Waals surface area contributed by atoms with Crippen molar-refractivity contribution >= 4 is 23.5 Å². The van der Waals surface area contributed by atoms with E-state index in [-0.39, 0.29) is 11.8 Å². The Morgan fingerprint density at radius 1 is 1.00 bits per heavy atom. The first-order valence-corrected chi connectivity index (χ1v) is 9.07. The van der Waals surface area contributed by atoms with E-state index in [1.165, 1.54) is 0 Å². The minimum Gasteiger partial charge on any atom is -0.481 e. The maximum atomic E-state index is 12.5. The second kappa shape index (κ2) is 8.31. The van der Waals surface area contributed by atoms with Crippen LogP contribution in [0.2, 0.25) is 0 Å². The second-order valence-corrected chi connectivity index (χ2v) is 6.81. The first kappa shape index (κ1) is 18.4. The first-order chi connectivity index (χ1) is 12.6. The van der Waals surface area contributed by atoms with E-state index < -0.39 is 17.8 Å². The molecule has 1 saturated heterocycles. The fourth-order valence-electron chi connectivity index (χ4n) is 3.62. The van der Waals surface area contributed by atoms with Crippen LogP contribution in [-0.2, 0) is 14.3 Å². The van der Waals surface area contributed by atoms with E-state index in [0.29, 0.717) is 50.4 Å². The normalized spacial score (nSPS) is 23.3. The number of rotatable bonds is 4. The van der Waals surface area contributed by atoms with E-state index in [2.05, 4.69) is 5.32 Å². The molecule has 0 radical (unpaired) electrons. The molecule has 1 saturated carbocycles. The number of aliphatic carboxylic acids is 1. The molecule has 3 rings (SSSR count). The van der Waals surface area contributed by atoms with E-state index in [1.807, 2.05) is 0 Å². The van der Waals surface area contributed by atoms with Crippen molar-refractivity contribution in [2.24, 2.45) is 11.8 Å². The van der Waals surface area contributed by atoms with Gasteiger partial charge in [0.1, 0.15) is 0 Å². The molecule has 7 heteroatoms. The highest BCUT2D eigenvalue weighted by Crippen LogP contribution is 2.31. The number of ether oxygens (including phenoxy) is 1. The van der Waals surface area contributed by atoms with Gasteiger partial charge in [0.2, 0.25) is 5.91 Å². The van der Waals surface area contributed by atoms with Crippen LogP contribution in [-0.4, -0.2) is 54.1 Å². The Bertz CT molecular complexity index is 667. The third-order valence-corrected chi connectivity index (χ3v) is 5.12. The van der Waals surface area contributed by atoms with Crippen LogP contribution in [0.15, 0.2) is 24.3 Å². The number of carboxylic acids is 1. The number of amides is 2. The topological polar surface area (TPSA) is 95.9 Å². The van der Waals surface area contributed by atoms with Crippen molar-refractivity contribution in [3.8, 4) is 0 Å². The summed E-state index contributed by atoms with van der Waals surface area (Å²) in [6.07, 6.45) is 2.85. The molecule has 1 aliphatic heterocycles. The maximum Gasteiger partial charge on any atom is 0.307 e. The number of carbonyl (C=O) groups is 3. The lowest BCUT2D eigenvalue weighted by atomic mass is 9.78. The van der Waals surface area contributed by atoms with Crippen LogP contribution in [0.4, 0.5) is 5.69 Å². The Kier molecular flexibility index (Phi) is 5.88. The molecule has 0 spiro atoms. The third-order valence-electron chi connectivity index (χ3n) is 5.12. The summed E-state index contributed by atoms with van der Waals surface area (Å²) in [5, 5.41) is 12.1. The number of hydrogen-bond acceptors (Lipinski definition) is 4. The summed E-state index contributed by atoms with van der Waals surface area (Å²) in [5.41, 5.74) is 1.13. The molecular weight excluding hydrogens is 336 g/mol.